The molecule has 29 heavy (non-hydrogen) atoms. The molecule has 1 aliphatic rings. The lowest BCUT2D eigenvalue weighted by atomic mass is 9.95. The van der Waals surface area contributed by atoms with Crippen LogP contribution in [0.3, 0.4) is 0 Å². The average molecular weight is 391 g/mol. The van der Waals surface area contributed by atoms with Crippen molar-refractivity contribution in [2.75, 3.05) is 18.4 Å². The number of aromatic nitrogens is 2. The Morgan fingerprint density at radius 1 is 1.14 bits per heavy atom. The predicted molar refractivity (Wildman–Crippen MR) is 113 cm³/mol. The fraction of sp³-hybridized carbons (Fsp3) is 0.318. The molecule has 0 unspecified atom stereocenters. The highest BCUT2D eigenvalue weighted by Crippen LogP contribution is 2.24. The van der Waals surface area contributed by atoms with Crippen LogP contribution in [-0.4, -0.2) is 45.8 Å². The number of amides is 2. The number of imidazole rings is 1. The van der Waals surface area contributed by atoms with Crippen LogP contribution < -0.4 is 11.1 Å². The van der Waals surface area contributed by atoms with Gasteiger partial charge in [-0.15, -0.1) is 0 Å². The van der Waals surface area contributed by atoms with Crippen LogP contribution in [-0.2, 0) is 9.59 Å². The van der Waals surface area contributed by atoms with Crippen molar-refractivity contribution in [1.82, 2.24) is 14.9 Å². The number of fused-ring (bicyclic) bond motifs is 1. The third-order valence-electron chi connectivity index (χ3n) is 5.68. The smallest absolute Gasteiger partial charge is 0.234 e. The number of likely N-dealkylation sites (tertiary alicyclic amines) is 1. The van der Waals surface area contributed by atoms with Crippen LogP contribution in [0.1, 0.15) is 19.8 Å². The molecule has 7 heteroatoms. The Hall–Kier alpha value is -3.19. The van der Waals surface area contributed by atoms with Gasteiger partial charge in [-0.1, -0.05) is 12.1 Å². The lowest BCUT2D eigenvalue weighted by Crippen LogP contribution is -2.47. The summed E-state index contributed by atoms with van der Waals surface area (Å²) in [7, 11) is 0. The Labute approximate surface area is 169 Å². The van der Waals surface area contributed by atoms with Gasteiger partial charge in [0.2, 0.25) is 11.8 Å². The van der Waals surface area contributed by atoms with Gasteiger partial charge in [-0.05, 0) is 69.3 Å². The van der Waals surface area contributed by atoms with Crippen molar-refractivity contribution in [2.45, 2.75) is 25.8 Å². The molecule has 4 rings (SSSR count). The van der Waals surface area contributed by atoms with Crippen LogP contribution in [0.4, 0.5) is 5.69 Å². The van der Waals surface area contributed by atoms with Crippen molar-refractivity contribution in [3.63, 3.8) is 0 Å². The summed E-state index contributed by atoms with van der Waals surface area (Å²) < 4.78 is 0. The van der Waals surface area contributed by atoms with Crippen LogP contribution in [0.25, 0.3) is 22.4 Å². The van der Waals surface area contributed by atoms with E-state index in [2.05, 4.69) is 15.3 Å². The van der Waals surface area contributed by atoms with Crippen LogP contribution in [0.2, 0.25) is 0 Å². The van der Waals surface area contributed by atoms with E-state index in [1.165, 1.54) is 0 Å². The molecule has 0 spiro atoms. The number of H-pyrrole nitrogens is 1. The summed E-state index contributed by atoms with van der Waals surface area (Å²) >= 11 is 0. The number of benzene rings is 2. The first kappa shape index (κ1) is 19.1. The molecule has 1 saturated heterocycles. The molecule has 7 nitrogen and oxygen atoms in total. The second-order valence-electron chi connectivity index (χ2n) is 7.56. The molecule has 0 bridgehead atoms. The van der Waals surface area contributed by atoms with E-state index < -0.39 is 0 Å². The van der Waals surface area contributed by atoms with Crippen molar-refractivity contribution in [2.24, 2.45) is 11.7 Å². The molecule has 150 valence electrons. The number of hydrogen-bond acceptors (Lipinski definition) is 4. The molecule has 0 saturated carbocycles. The van der Waals surface area contributed by atoms with Crippen molar-refractivity contribution in [1.29, 1.82) is 0 Å². The van der Waals surface area contributed by atoms with Crippen LogP contribution >= 0.6 is 0 Å². The Balaban J connectivity index is 1.36. The predicted octanol–water partition coefficient (Wildman–Crippen LogP) is 2.75. The van der Waals surface area contributed by atoms with Crippen molar-refractivity contribution in [3.05, 3.63) is 48.5 Å². The largest absolute Gasteiger partial charge is 0.368 e. The fourth-order valence-electron chi connectivity index (χ4n) is 3.77. The number of nitrogens with zero attached hydrogens (tertiary/aromatic N) is 2. The lowest BCUT2D eigenvalue weighted by molar-refractivity contribution is -0.124. The molecule has 4 N–H and O–H groups in total. The molecule has 0 aliphatic carbocycles. The molecule has 1 aromatic heterocycles. The Morgan fingerprint density at radius 3 is 2.48 bits per heavy atom. The van der Waals surface area contributed by atoms with E-state index in [1.807, 2.05) is 60.4 Å². The number of nitrogens with one attached hydrogen (secondary N) is 2. The van der Waals surface area contributed by atoms with Gasteiger partial charge in [0.15, 0.2) is 0 Å². The zero-order valence-corrected chi connectivity index (χ0v) is 16.4. The minimum absolute atomic E-state index is 0.0212. The maximum Gasteiger partial charge on any atom is 0.234 e. The summed E-state index contributed by atoms with van der Waals surface area (Å²) in [5.41, 5.74) is 9.03. The Kier molecular flexibility index (Phi) is 5.31. The summed E-state index contributed by atoms with van der Waals surface area (Å²) in [6, 6.07) is 15.3. The normalized spacial score (nSPS) is 16.6. The molecule has 1 fully saturated rings. The van der Waals surface area contributed by atoms with Gasteiger partial charge in [0.1, 0.15) is 5.82 Å². The van der Waals surface area contributed by atoms with E-state index in [-0.39, 0.29) is 23.8 Å². The van der Waals surface area contributed by atoms with Gasteiger partial charge in [-0.3, -0.25) is 14.5 Å². The second-order valence-corrected chi connectivity index (χ2v) is 7.56. The number of rotatable bonds is 5. The van der Waals surface area contributed by atoms with Gasteiger partial charge in [0.05, 0.1) is 17.1 Å². The lowest BCUT2D eigenvalue weighted by Gasteiger charge is -2.34. The van der Waals surface area contributed by atoms with Crippen molar-refractivity contribution >= 4 is 28.5 Å². The molecule has 2 heterocycles. The highest BCUT2D eigenvalue weighted by Gasteiger charge is 2.28. The van der Waals surface area contributed by atoms with Crippen LogP contribution in [0, 0.1) is 5.92 Å². The summed E-state index contributed by atoms with van der Waals surface area (Å²) in [5, 5.41) is 3.00. The van der Waals surface area contributed by atoms with Gasteiger partial charge in [-0.2, -0.15) is 0 Å². The van der Waals surface area contributed by atoms with Gasteiger partial charge >= 0.3 is 0 Å². The maximum atomic E-state index is 12.6. The summed E-state index contributed by atoms with van der Waals surface area (Å²) in [4.78, 5) is 33.9. The Morgan fingerprint density at radius 2 is 1.83 bits per heavy atom. The van der Waals surface area contributed by atoms with Gasteiger partial charge in [-0.25, -0.2) is 4.98 Å². The zero-order valence-electron chi connectivity index (χ0n) is 16.4. The highest BCUT2D eigenvalue weighted by atomic mass is 16.2. The van der Waals surface area contributed by atoms with Crippen LogP contribution in [0.5, 0.6) is 0 Å². The third kappa shape index (κ3) is 4.14. The van der Waals surface area contributed by atoms with E-state index in [0.29, 0.717) is 13.1 Å². The summed E-state index contributed by atoms with van der Waals surface area (Å²) in [5.74, 6) is 0.451. The van der Waals surface area contributed by atoms with E-state index in [9.17, 15) is 9.59 Å². The van der Waals surface area contributed by atoms with Crippen molar-refractivity contribution in [3.8, 4) is 11.4 Å². The van der Waals surface area contributed by atoms with E-state index in [0.717, 1.165) is 41.0 Å². The molecule has 1 aliphatic heterocycles. The number of aromatic amines is 1. The number of carbonyl (C=O) groups excluding carboxylic acids is 2. The number of piperidine rings is 1. The number of anilines is 1. The first-order valence-corrected chi connectivity index (χ1v) is 9.90. The molecule has 1 atom stereocenters. The van der Waals surface area contributed by atoms with E-state index in [4.69, 9.17) is 5.73 Å². The number of nitrogens with two attached hydrogens (primary N) is 1. The summed E-state index contributed by atoms with van der Waals surface area (Å²) in [6.45, 7) is 3.21. The molecule has 2 amide bonds. The maximum absolute atomic E-state index is 12.6. The summed E-state index contributed by atoms with van der Waals surface area (Å²) in [6.07, 6.45) is 1.45. The number of carbonyl (C=O) groups is 2. The SMILES string of the molecule is C[C@@H](C(N)=O)N1CCC(C(=O)Nc2ccc(-c3nc4ccccc4[nH]3)cc2)CC1. The van der Waals surface area contributed by atoms with Gasteiger partial charge in [0, 0.05) is 17.2 Å². The minimum Gasteiger partial charge on any atom is -0.368 e. The van der Waals surface area contributed by atoms with Crippen LogP contribution in [0.15, 0.2) is 48.5 Å². The molecule has 2 aromatic carbocycles. The quantitative estimate of drug-likeness (QED) is 0.622. The monoisotopic (exact) mass is 391 g/mol. The first-order chi connectivity index (χ1) is 14.0. The number of hydrogen-bond donors (Lipinski definition) is 3. The number of para-hydroxylation sites is 2. The Bertz CT molecular complexity index is 986. The average Bonchev–Trinajstić information content (AvgIpc) is 3.18. The van der Waals surface area contributed by atoms with Gasteiger partial charge < -0.3 is 16.0 Å². The topological polar surface area (TPSA) is 104 Å². The van der Waals surface area contributed by atoms with Crippen molar-refractivity contribution < 1.29 is 9.59 Å². The molecule has 0 radical (unpaired) electrons. The molecular formula is C22H25N5O2. The molecule has 3 aromatic rings. The molecular weight excluding hydrogens is 366 g/mol. The highest BCUT2D eigenvalue weighted by molar-refractivity contribution is 5.93. The third-order valence-corrected chi connectivity index (χ3v) is 5.68. The fourth-order valence-corrected chi connectivity index (χ4v) is 3.77. The van der Waals surface area contributed by atoms with Gasteiger partial charge in [0.25, 0.3) is 0 Å². The second kappa shape index (κ2) is 8.05. The number of primary amides is 1. The zero-order chi connectivity index (χ0) is 20.4. The van der Waals surface area contributed by atoms with E-state index in [1.54, 1.807) is 0 Å². The standard InChI is InChI=1S/C22H25N5O2/c1-14(20(23)28)27-12-10-16(11-13-27)22(29)24-17-8-6-15(7-9-17)21-25-18-4-2-3-5-19(18)26-21/h2-9,14,16H,10-13H2,1H3,(H2,23,28)(H,24,29)(H,25,26)/t14-/m0/s1. The van der Waals surface area contributed by atoms with E-state index >= 15 is 0 Å². The minimum atomic E-state index is -0.322. The first-order valence-electron chi connectivity index (χ1n) is 9.90.